The van der Waals surface area contributed by atoms with Crippen LogP contribution in [0.15, 0.2) is 0 Å². The first-order chi connectivity index (χ1) is 6.22. The highest BCUT2D eigenvalue weighted by Gasteiger charge is 2.12. The average molecular weight is 187 g/mol. The summed E-state index contributed by atoms with van der Waals surface area (Å²) in [5.41, 5.74) is 0. The zero-order chi connectivity index (χ0) is 10.1. The molecule has 0 amide bonds. The van der Waals surface area contributed by atoms with Gasteiger partial charge in [0.25, 0.3) is 0 Å². The van der Waals surface area contributed by atoms with E-state index >= 15 is 0 Å². The molecule has 0 saturated carbocycles. The van der Waals surface area contributed by atoms with Gasteiger partial charge in [-0.3, -0.25) is 4.79 Å². The highest BCUT2D eigenvalue weighted by atomic mass is 16.4. The van der Waals surface area contributed by atoms with Crippen LogP contribution in [0, 0.1) is 0 Å². The molecule has 3 heteroatoms. The highest BCUT2D eigenvalue weighted by Crippen LogP contribution is 2.07. The van der Waals surface area contributed by atoms with Crippen molar-refractivity contribution in [2.75, 3.05) is 7.05 Å². The van der Waals surface area contributed by atoms with Gasteiger partial charge in [-0.2, -0.15) is 0 Å². The maximum atomic E-state index is 10.6. The summed E-state index contributed by atoms with van der Waals surface area (Å²) in [4.78, 5) is 10.6. The summed E-state index contributed by atoms with van der Waals surface area (Å²) in [6, 6.07) is -0.360. The van der Waals surface area contributed by atoms with E-state index in [1.807, 2.05) is 0 Å². The van der Waals surface area contributed by atoms with Crippen molar-refractivity contribution in [3.8, 4) is 0 Å². The summed E-state index contributed by atoms with van der Waals surface area (Å²) in [5, 5.41) is 11.5. The lowest BCUT2D eigenvalue weighted by molar-refractivity contribution is -0.139. The number of carboxylic acids is 1. The fourth-order valence-electron chi connectivity index (χ4n) is 1.34. The maximum Gasteiger partial charge on any atom is 0.320 e. The van der Waals surface area contributed by atoms with Crippen molar-refractivity contribution in [2.45, 2.75) is 51.5 Å². The molecule has 0 rings (SSSR count). The Bertz CT molecular complexity index is 137. The minimum atomic E-state index is -0.738. The Balaban J connectivity index is 3.33. The van der Waals surface area contributed by atoms with Gasteiger partial charge in [0.2, 0.25) is 0 Å². The minimum Gasteiger partial charge on any atom is -0.480 e. The zero-order valence-corrected chi connectivity index (χ0v) is 8.68. The number of nitrogens with one attached hydrogen (secondary N) is 1. The number of unbranched alkanes of at least 4 members (excludes halogenated alkanes) is 4. The summed E-state index contributed by atoms with van der Waals surface area (Å²) in [6.45, 7) is 2.17. The third kappa shape index (κ3) is 6.58. The molecule has 2 N–H and O–H groups in total. The summed E-state index contributed by atoms with van der Waals surface area (Å²) in [6.07, 6.45) is 6.63. The van der Waals surface area contributed by atoms with Crippen LogP contribution in [0.2, 0.25) is 0 Å². The number of hydrogen-bond donors (Lipinski definition) is 2. The van der Waals surface area contributed by atoms with E-state index in [0.717, 1.165) is 19.3 Å². The number of carboxylic acid groups (broad SMARTS) is 1. The minimum absolute atomic E-state index is 0.360. The fraction of sp³-hybridized carbons (Fsp3) is 0.900. The molecular weight excluding hydrogens is 166 g/mol. The normalized spacial score (nSPS) is 12.8. The molecule has 0 radical (unpaired) electrons. The van der Waals surface area contributed by atoms with Crippen molar-refractivity contribution in [3.05, 3.63) is 0 Å². The number of aliphatic carboxylic acids is 1. The van der Waals surface area contributed by atoms with Gasteiger partial charge < -0.3 is 10.4 Å². The Morgan fingerprint density at radius 3 is 2.38 bits per heavy atom. The lowest BCUT2D eigenvalue weighted by Gasteiger charge is -2.09. The van der Waals surface area contributed by atoms with Crippen LogP contribution in [-0.2, 0) is 4.79 Å². The van der Waals surface area contributed by atoms with Crippen molar-refractivity contribution in [1.82, 2.24) is 5.32 Å². The highest BCUT2D eigenvalue weighted by molar-refractivity contribution is 5.73. The van der Waals surface area contributed by atoms with Gasteiger partial charge in [-0.05, 0) is 13.5 Å². The van der Waals surface area contributed by atoms with E-state index in [1.54, 1.807) is 7.05 Å². The van der Waals surface area contributed by atoms with E-state index in [-0.39, 0.29) is 6.04 Å². The average Bonchev–Trinajstić information content (AvgIpc) is 2.10. The van der Waals surface area contributed by atoms with Crippen LogP contribution in [-0.4, -0.2) is 24.2 Å². The molecule has 0 aliphatic rings. The van der Waals surface area contributed by atoms with Gasteiger partial charge in [0.05, 0.1) is 0 Å². The maximum absolute atomic E-state index is 10.6. The molecule has 0 heterocycles. The number of likely N-dealkylation sites (N-methyl/N-ethyl adjacent to an activating group) is 1. The van der Waals surface area contributed by atoms with Gasteiger partial charge in [-0.15, -0.1) is 0 Å². The second-order valence-electron chi connectivity index (χ2n) is 3.38. The van der Waals surface area contributed by atoms with Gasteiger partial charge in [0.15, 0.2) is 0 Å². The van der Waals surface area contributed by atoms with Crippen LogP contribution in [0.3, 0.4) is 0 Å². The molecular formula is C10H21NO2. The topological polar surface area (TPSA) is 49.3 Å². The number of carbonyl (C=O) groups is 1. The van der Waals surface area contributed by atoms with Gasteiger partial charge >= 0.3 is 5.97 Å². The second-order valence-corrected chi connectivity index (χ2v) is 3.38. The van der Waals surface area contributed by atoms with Crippen LogP contribution in [0.4, 0.5) is 0 Å². The molecule has 78 valence electrons. The van der Waals surface area contributed by atoms with E-state index in [2.05, 4.69) is 12.2 Å². The van der Waals surface area contributed by atoms with E-state index in [9.17, 15) is 4.79 Å². The van der Waals surface area contributed by atoms with Crippen molar-refractivity contribution < 1.29 is 9.90 Å². The van der Waals surface area contributed by atoms with Crippen LogP contribution < -0.4 is 5.32 Å². The van der Waals surface area contributed by atoms with Crippen LogP contribution in [0.25, 0.3) is 0 Å². The molecule has 1 unspecified atom stereocenters. The predicted octanol–water partition coefficient (Wildman–Crippen LogP) is 2.02. The predicted molar refractivity (Wildman–Crippen MR) is 53.9 cm³/mol. The molecule has 0 aromatic rings. The standard InChI is InChI=1S/C10H21NO2/c1-3-4-5-6-7-8-9(11-2)10(12)13/h9,11H,3-8H2,1-2H3,(H,12,13). The first-order valence-electron chi connectivity index (χ1n) is 5.12. The number of hydrogen-bond acceptors (Lipinski definition) is 2. The van der Waals surface area contributed by atoms with E-state index in [0.29, 0.717) is 0 Å². The first-order valence-corrected chi connectivity index (χ1v) is 5.12. The first kappa shape index (κ1) is 12.4. The van der Waals surface area contributed by atoms with Crippen LogP contribution in [0.1, 0.15) is 45.4 Å². The second kappa shape index (κ2) is 8.05. The third-order valence-corrected chi connectivity index (χ3v) is 2.24. The van der Waals surface area contributed by atoms with Crippen LogP contribution >= 0.6 is 0 Å². The lowest BCUT2D eigenvalue weighted by Crippen LogP contribution is -2.33. The van der Waals surface area contributed by atoms with E-state index < -0.39 is 5.97 Å². The summed E-state index contributed by atoms with van der Waals surface area (Å²) in [7, 11) is 1.70. The molecule has 0 aromatic heterocycles. The molecule has 0 saturated heterocycles. The Hall–Kier alpha value is -0.570. The zero-order valence-electron chi connectivity index (χ0n) is 8.68. The van der Waals surface area contributed by atoms with Gasteiger partial charge in [0, 0.05) is 0 Å². The quantitative estimate of drug-likeness (QED) is 0.571. The van der Waals surface area contributed by atoms with Gasteiger partial charge in [-0.1, -0.05) is 39.0 Å². The SMILES string of the molecule is CCCCCCCC(NC)C(=O)O. The molecule has 0 spiro atoms. The molecule has 0 aliphatic carbocycles. The Morgan fingerprint density at radius 1 is 1.31 bits per heavy atom. The number of rotatable bonds is 8. The van der Waals surface area contributed by atoms with E-state index in [4.69, 9.17) is 5.11 Å². The lowest BCUT2D eigenvalue weighted by atomic mass is 10.1. The summed E-state index contributed by atoms with van der Waals surface area (Å²) < 4.78 is 0. The summed E-state index contributed by atoms with van der Waals surface area (Å²) in [5.74, 6) is -0.738. The molecule has 0 aromatic carbocycles. The van der Waals surface area contributed by atoms with Crippen molar-refractivity contribution in [3.63, 3.8) is 0 Å². The molecule has 1 atom stereocenters. The molecule has 0 bridgehead atoms. The monoisotopic (exact) mass is 187 g/mol. The van der Waals surface area contributed by atoms with Crippen molar-refractivity contribution in [2.24, 2.45) is 0 Å². The van der Waals surface area contributed by atoms with Gasteiger partial charge in [-0.25, -0.2) is 0 Å². The fourth-order valence-corrected chi connectivity index (χ4v) is 1.34. The molecule has 13 heavy (non-hydrogen) atoms. The smallest absolute Gasteiger partial charge is 0.320 e. The largest absolute Gasteiger partial charge is 0.480 e. The molecule has 0 aliphatic heterocycles. The Morgan fingerprint density at radius 2 is 1.92 bits per heavy atom. The summed E-state index contributed by atoms with van der Waals surface area (Å²) >= 11 is 0. The third-order valence-electron chi connectivity index (χ3n) is 2.24. The Labute approximate surface area is 80.5 Å². The van der Waals surface area contributed by atoms with Crippen LogP contribution in [0.5, 0.6) is 0 Å². The van der Waals surface area contributed by atoms with Crippen molar-refractivity contribution >= 4 is 5.97 Å². The molecule has 3 nitrogen and oxygen atoms in total. The Kier molecular flexibility index (Phi) is 7.69. The van der Waals surface area contributed by atoms with Gasteiger partial charge in [0.1, 0.15) is 6.04 Å². The van der Waals surface area contributed by atoms with Crippen molar-refractivity contribution in [1.29, 1.82) is 0 Å². The molecule has 0 fully saturated rings. The van der Waals surface area contributed by atoms with E-state index in [1.165, 1.54) is 19.3 Å².